The number of hydrogen-bond acceptors (Lipinski definition) is 6. The van der Waals surface area contributed by atoms with E-state index in [0.717, 1.165) is 0 Å². The van der Waals surface area contributed by atoms with Gasteiger partial charge in [0.1, 0.15) is 12.1 Å². The van der Waals surface area contributed by atoms with Crippen LogP contribution in [-0.4, -0.2) is 58.6 Å². The maximum absolute atomic E-state index is 12.0. The van der Waals surface area contributed by atoms with Gasteiger partial charge in [-0.15, -0.1) is 0 Å². The molecular formula is C12H22N4O6. The normalized spacial score (nSPS) is 14.8. The van der Waals surface area contributed by atoms with Gasteiger partial charge in [-0.05, 0) is 5.92 Å². The van der Waals surface area contributed by atoms with E-state index in [-0.39, 0.29) is 12.3 Å². The molecule has 126 valence electrons. The number of aliphatic hydroxyl groups is 1. The van der Waals surface area contributed by atoms with E-state index in [1.54, 1.807) is 13.8 Å². The summed E-state index contributed by atoms with van der Waals surface area (Å²) in [5, 5.41) is 22.1. The standard InChI is InChI=1S/C12H22N4O6/c1-5(2)9(11(20)15-7(4-17)12(21)22)16-10(19)6(13)3-8(14)18/h5-7,9,17H,3-4,13H2,1-2H3,(H2,14,18)(H,15,20)(H,16,19)(H,21,22). The molecule has 0 saturated carbocycles. The van der Waals surface area contributed by atoms with E-state index in [1.807, 2.05) is 0 Å². The van der Waals surface area contributed by atoms with Crippen molar-refractivity contribution in [3.8, 4) is 0 Å². The monoisotopic (exact) mass is 318 g/mol. The highest BCUT2D eigenvalue weighted by Gasteiger charge is 2.29. The van der Waals surface area contributed by atoms with Gasteiger partial charge in [0.05, 0.1) is 19.1 Å². The fraction of sp³-hybridized carbons (Fsp3) is 0.667. The van der Waals surface area contributed by atoms with Crippen LogP contribution in [0, 0.1) is 5.92 Å². The average Bonchev–Trinajstić information content (AvgIpc) is 2.39. The van der Waals surface area contributed by atoms with E-state index in [9.17, 15) is 19.2 Å². The van der Waals surface area contributed by atoms with Gasteiger partial charge < -0.3 is 32.3 Å². The highest BCUT2D eigenvalue weighted by atomic mass is 16.4. The molecular weight excluding hydrogens is 296 g/mol. The van der Waals surface area contributed by atoms with E-state index in [1.165, 1.54) is 0 Å². The van der Waals surface area contributed by atoms with Crippen LogP contribution in [0.4, 0.5) is 0 Å². The minimum absolute atomic E-state index is 0.377. The summed E-state index contributed by atoms with van der Waals surface area (Å²) in [7, 11) is 0. The summed E-state index contributed by atoms with van der Waals surface area (Å²) in [6.45, 7) is 2.46. The van der Waals surface area contributed by atoms with Gasteiger partial charge in [-0.2, -0.15) is 0 Å². The Morgan fingerprint density at radius 1 is 1.09 bits per heavy atom. The SMILES string of the molecule is CC(C)C(NC(=O)C(N)CC(N)=O)C(=O)NC(CO)C(=O)O. The Morgan fingerprint density at radius 3 is 2.00 bits per heavy atom. The number of amides is 3. The van der Waals surface area contributed by atoms with Crippen LogP contribution in [0.5, 0.6) is 0 Å². The molecule has 8 N–H and O–H groups in total. The number of carbonyl (C=O) groups is 4. The molecule has 3 unspecified atom stereocenters. The predicted molar refractivity (Wildman–Crippen MR) is 75.2 cm³/mol. The first-order valence-electron chi connectivity index (χ1n) is 6.58. The number of carboxylic acids is 1. The van der Waals surface area contributed by atoms with Crippen molar-refractivity contribution in [1.82, 2.24) is 10.6 Å². The summed E-state index contributed by atoms with van der Waals surface area (Å²) in [6, 6.07) is -3.76. The minimum Gasteiger partial charge on any atom is -0.480 e. The maximum Gasteiger partial charge on any atom is 0.328 e. The Labute approximate surface area is 127 Å². The first-order valence-corrected chi connectivity index (χ1v) is 6.58. The van der Waals surface area contributed by atoms with Gasteiger partial charge in [-0.25, -0.2) is 4.79 Å². The third-order valence-electron chi connectivity index (χ3n) is 2.80. The first kappa shape index (κ1) is 19.8. The van der Waals surface area contributed by atoms with Crippen molar-refractivity contribution in [3.05, 3.63) is 0 Å². The smallest absolute Gasteiger partial charge is 0.328 e. The highest BCUT2D eigenvalue weighted by molar-refractivity contribution is 5.93. The third-order valence-corrected chi connectivity index (χ3v) is 2.80. The molecule has 0 aliphatic heterocycles. The second-order valence-corrected chi connectivity index (χ2v) is 5.09. The Bertz CT molecular complexity index is 439. The molecule has 10 nitrogen and oxygen atoms in total. The number of aliphatic hydroxyl groups excluding tert-OH is 1. The van der Waals surface area contributed by atoms with Gasteiger partial charge >= 0.3 is 5.97 Å². The van der Waals surface area contributed by atoms with Gasteiger partial charge in [0.2, 0.25) is 17.7 Å². The molecule has 0 aliphatic carbocycles. The van der Waals surface area contributed by atoms with Crippen molar-refractivity contribution in [2.75, 3.05) is 6.61 Å². The molecule has 0 bridgehead atoms. The summed E-state index contributed by atoms with van der Waals surface area (Å²) >= 11 is 0. The Hall–Kier alpha value is -2.20. The van der Waals surface area contributed by atoms with E-state index in [4.69, 9.17) is 21.7 Å². The summed E-state index contributed by atoms with van der Waals surface area (Å²) in [6.07, 6.45) is -0.382. The molecule has 0 heterocycles. The number of nitrogens with one attached hydrogen (secondary N) is 2. The van der Waals surface area contributed by atoms with Gasteiger partial charge in [0.15, 0.2) is 0 Å². The zero-order valence-electron chi connectivity index (χ0n) is 12.4. The number of carbonyl (C=O) groups excluding carboxylic acids is 3. The molecule has 0 aromatic rings. The third kappa shape index (κ3) is 6.50. The van der Waals surface area contributed by atoms with Crippen LogP contribution in [0.15, 0.2) is 0 Å². The Balaban J connectivity index is 4.85. The van der Waals surface area contributed by atoms with Gasteiger partial charge in [-0.1, -0.05) is 13.8 Å². The van der Waals surface area contributed by atoms with Crippen molar-refractivity contribution in [2.45, 2.75) is 38.4 Å². The number of carboxylic acid groups (broad SMARTS) is 1. The van der Waals surface area contributed by atoms with Crippen LogP contribution >= 0.6 is 0 Å². The number of hydrogen-bond donors (Lipinski definition) is 6. The molecule has 0 saturated heterocycles. The fourth-order valence-corrected chi connectivity index (χ4v) is 1.55. The molecule has 0 rings (SSSR count). The molecule has 0 aromatic carbocycles. The summed E-state index contributed by atoms with van der Waals surface area (Å²) in [5.41, 5.74) is 10.4. The van der Waals surface area contributed by atoms with Crippen LogP contribution < -0.4 is 22.1 Å². The van der Waals surface area contributed by atoms with E-state index >= 15 is 0 Å². The molecule has 3 atom stereocenters. The molecule has 0 aromatic heterocycles. The molecule has 0 fully saturated rings. The lowest BCUT2D eigenvalue weighted by Gasteiger charge is -2.24. The zero-order valence-corrected chi connectivity index (χ0v) is 12.4. The Kier molecular flexibility index (Phi) is 8.05. The number of aliphatic carboxylic acids is 1. The maximum atomic E-state index is 12.0. The quantitative estimate of drug-likeness (QED) is 0.260. The molecule has 22 heavy (non-hydrogen) atoms. The average molecular weight is 318 g/mol. The van der Waals surface area contributed by atoms with Crippen molar-refractivity contribution in [2.24, 2.45) is 17.4 Å². The van der Waals surface area contributed by atoms with E-state index < -0.39 is 48.4 Å². The largest absolute Gasteiger partial charge is 0.480 e. The fourth-order valence-electron chi connectivity index (χ4n) is 1.55. The summed E-state index contributed by atoms with van der Waals surface area (Å²) in [5.74, 6) is -4.09. The topological polar surface area (TPSA) is 185 Å². The van der Waals surface area contributed by atoms with Crippen LogP contribution in [0.25, 0.3) is 0 Å². The summed E-state index contributed by atoms with van der Waals surface area (Å²) < 4.78 is 0. The van der Waals surface area contributed by atoms with E-state index in [0.29, 0.717) is 0 Å². The lowest BCUT2D eigenvalue weighted by Crippen LogP contribution is -2.57. The van der Waals surface area contributed by atoms with Crippen LogP contribution in [0.2, 0.25) is 0 Å². The van der Waals surface area contributed by atoms with Gasteiger partial charge in [0, 0.05) is 0 Å². The second-order valence-electron chi connectivity index (χ2n) is 5.09. The molecule has 3 amide bonds. The Morgan fingerprint density at radius 2 is 1.64 bits per heavy atom. The lowest BCUT2D eigenvalue weighted by molar-refractivity contribution is -0.143. The summed E-state index contributed by atoms with van der Waals surface area (Å²) in [4.78, 5) is 45.3. The highest BCUT2D eigenvalue weighted by Crippen LogP contribution is 2.03. The first-order chi connectivity index (χ1) is 10.1. The lowest BCUT2D eigenvalue weighted by atomic mass is 10.0. The molecule has 10 heteroatoms. The van der Waals surface area contributed by atoms with Crippen LogP contribution in [0.3, 0.4) is 0 Å². The van der Waals surface area contributed by atoms with Gasteiger partial charge in [-0.3, -0.25) is 14.4 Å². The van der Waals surface area contributed by atoms with E-state index in [2.05, 4.69) is 10.6 Å². The minimum atomic E-state index is -1.48. The molecule has 0 aliphatic rings. The molecule has 0 spiro atoms. The zero-order chi connectivity index (χ0) is 17.4. The number of primary amides is 1. The van der Waals surface area contributed by atoms with Crippen molar-refractivity contribution < 1.29 is 29.4 Å². The van der Waals surface area contributed by atoms with Crippen molar-refractivity contribution in [1.29, 1.82) is 0 Å². The molecule has 0 radical (unpaired) electrons. The predicted octanol–water partition coefficient (Wildman–Crippen LogP) is -3.11. The number of rotatable bonds is 9. The van der Waals surface area contributed by atoms with Crippen LogP contribution in [-0.2, 0) is 19.2 Å². The second kappa shape index (κ2) is 8.95. The van der Waals surface area contributed by atoms with Crippen molar-refractivity contribution >= 4 is 23.7 Å². The number of nitrogens with two attached hydrogens (primary N) is 2. The van der Waals surface area contributed by atoms with Gasteiger partial charge in [0.25, 0.3) is 0 Å². The van der Waals surface area contributed by atoms with Crippen LogP contribution in [0.1, 0.15) is 20.3 Å². The van der Waals surface area contributed by atoms with Crippen molar-refractivity contribution in [3.63, 3.8) is 0 Å².